The number of aryl methyl sites for hydroxylation is 3. The molecule has 1 N–H and O–H groups in total. The molecule has 0 radical (unpaired) electrons. The Labute approximate surface area is 138 Å². The van der Waals surface area contributed by atoms with Crippen LogP contribution in [-0.2, 0) is 16.0 Å². The number of hydrogen-bond acceptors (Lipinski definition) is 2. The number of carboxylic acids is 1. The van der Waals surface area contributed by atoms with E-state index in [1.54, 1.807) is 0 Å². The molecule has 1 aromatic carbocycles. The van der Waals surface area contributed by atoms with Crippen molar-refractivity contribution in [1.82, 2.24) is 4.90 Å². The second-order valence-electron chi connectivity index (χ2n) is 6.78. The first-order valence-corrected chi connectivity index (χ1v) is 8.51. The minimum Gasteiger partial charge on any atom is -0.481 e. The quantitative estimate of drug-likeness (QED) is 0.875. The lowest BCUT2D eigenvalue weighted by molar-refractivity contribution is -0.137. The van der Waals surface area contributed by atoms with Gasteiger partial charge in [0.05, 0.1) is 0 Å². The van der Waals surface area contributed by atoms with Crippen molar-refractivity contribution in [3.05, 3.63) is 34.9 Å². The molecule has 4 heteroatoms. The fraction of sp³-hybridized carbons (Fsp3) is 0.579. The van der Waals surface area contributed by atoms with Crippen molar-refractivity contribution >= 4 is 11.9 Å². The molecule has 0 saturated carbocycles. The summed E-state index contributed by atoms with van der Waals surface area (Å²) in [6.45, 7) is 5.69. The molecule has 1 unspecified atom stereocenters. The van der Waals surface area contributed by atoms with Gasteiger partial charge in [0.15, 0.2) is 0 Å². The zero-order valence-electron chi connectivity index (χ0n) is 14.2. The Balaban J connectivity index is 1.83. The lowest BCUT2D eigenvalue weighted by atomic mass is 9.93. The monoisotopic (exact) mass is 317 g/mol. The number of likely N-dealkylation sites (tertiary alicyclic amines) is 1. The minimum absolute atomic E-state index is 0.198. The molecule has 1 fully saturated rings. The van der Waals surface area contributed by atoms with Crippen molar-refractivity contribution in [2.45, 2.75) is 52.4 Å². The van der Waals surface area contributed by atoms with E-state index in [1.807, 2.05) is 4.90 Å². The number of aliphatic carboxylic acids is 1. The Hall–Kier alpha value is -1.84. The molecule has 0 spiro atoms. The smallest absolute Gasteiger partial charge is 0.303 e. The average Bonchev–Trinajstić information content (AvgIpc) is 2.50. The summed E-state index contributed by atoms with van der Waals surface area (Å²) >= 11 is 0. The second kappa shape index (κ2) is 8.14. The third-order valence-corrected chi connectivity index (χ3v) is 4.55. The predicted octanol–water partition coefficient (Wildman–Crippen LogP) is 3.34. The maximum absolute atomic E-state index is 12.4. The summed E-state index contributed by atoms with van der Waals surface area (Å²) in [5.41, 5.74) is 3.69. The maximum Gasteiger partial charge on any atom is 0.303 e. The second-order valence-corrected chi connectivity index (χ2v) is 6.78. The number of carboxylic acid groups (broad SMARTS) is 1. The number of nitrogens with zero attached hydrogens (tertiary/aromatic N) is 1. The molecule has 1 amide bonds. The van der Waals surface area contributed by atoms with E-state index in [1.165, 1.54) is 16.7 Å². The molecule has 1 aliphatic heterocycles. The Morgan fingerprint density at radius 2 is 1.87 bits per heavy atom. The summed E-state index contributed by atoms with van der Waals surface area (Å²) in [5, 5.41) is 8.79. The fourth-order valence-corrected chi connectivity index (χ4v) is 3.48. The van der Waals surface area contributed by atoms with Crippen molar-refractivity contribution in [2.24, 2.45) is 5.92 Å². The van der Waals surface area contributed by atoms with E-state index in [0.717, 1.165) is 32.4 Å². The zero-order valence-corrected chi connectivity index (χ0v) is 14.2. The first-order valence-electron chi connectivity index (χ1n) is 8.51. The van der Waals surface area contributed by atoms with Gasteiger partial charge < -0.3 is 10.0 Å². The molecular weight excluding hydrogens is 290 g/mol. The summed E-state index contributed by atoms with van der Waals surface area (Å²) in [4.78, 5) is 25.1. The van der Waals surface area contributed by atoms with Crippen LogP contribution in [0.1, 0.15) is 48.8 Å². The van der Waals surface area contributed by atoms with Gasteiger partial charge in [0.1, 0.15) is 0 Å². The summed E-state index contributed by atoms with van der Waals surface area (Å²) in [5.74, 6) is -0.211. The van der Waals surface area contributed by atoms with E-state index in [9.17, 15) is 9.59 Å². The number of carbonyl (C=O) groups excluding carboxylic acids is 1. The van der Waals surface area contributed by atoms with Crippen LogP contribution in [0.15, 0.2) is 18.2 Å². The molecule has 1 aliphatic rings. The number of piperidine rings is 1. The van der Waals surface area contributed by atoms with Gasteiger partial charge in [-0.1, -0.05) is 29.3 Å². The maximum atomic E-state index is 12.4. The molecule has 0 aliphatic carbocycles. The minimum atomic E-state index is -0.747. The third kappa shape index (κ3) is 5.70. The van der Waals surface area contributed by atoms with Crippen LogP contribution < -0.4 is 0 Å². The Morgan fingerprint density at radius 3 is 2.52 bits per heavy atom. The van der Waals surface area contributed by atoms with Crippen molar-refractivity contribution in [2.75, 3.05) is 13.1 Å². The molecule has 1 atom stereocenters. The van der Waals surface area contributed by atoms with Crippen LogP contribution in [-0.4, -0.2) is 35.0 Å². The molecule has 0 bridgehead atoms. The SMILES string of the molecule is Cc1cc(C)cc(CCC(=O)N2CCCC(CCC(=O)O)C2)c1. The van der Waals surface area contributed by atoms with Crippen molar-refractivity contribution < 1.29 is 14.7 Å². The van der Waals surface area contributed by atoms with Gasteiger partial charge in [0.25, 0.3) is 0 Å². The summed E-state index contributed by atoms with van der Waals surface area (Å²) in [6, 6.07) is 6.43. The fourth-order valence-electron chi connectivity index (χ4n) is 3.48. The van der Waals surface area contributed by atoms with Crippen LogP contribution in [0.2, 0.25) is 0 Å². The van der Waals surface area contributed by atoms with Gasteiger partial charge in [-0.25, -0.2) is 0 Å². The average molecular weight is 317 g/mol. The van der Waals surface area contributed by atoms with E-state index in [0.29, 0.717) is 18.8 Å². The molecule has 23 heavy (non-hydrogen) atoms. The Bertz CT molecular complexity index is 547. The normalized spacial score (nSPS) is 18.0. The van der Waals surface area contributed by atoms with Crippen molar-refractivity contribution in [3.63, 3.8) is 0 Å². The van der Waals surface area contributed by atoms with Crippen LogP contribution in [0, 0.1) is 19.8 Å². The van der Waals surface area contributed by atoms with Crippen molar-refractivity contribution in [3.8, 4) is 0 Å². The molecule has 2 rings (SSSR count). The number of amides is 1. The van der Waals surface area contributed by atoms with E-state index in [-0.39, 0.29) is 12.3 Å². The molecule has 1 heterocycles. The molecule has 0 aromatic heterocycles. The van der Waals surface area contributed by atoms with E-state index < -0.39 is 5.97 Å². The highest BCUT2D eigenvalue weighted by atomic mass is 16.4. The Kier molecular flexibility index (Phi) is 6.20. The van der Waals surface area contributed by atoms with Gasteiger partial charge in [-0.05, 0) is 51.0 Å². The van der Waals surface area contributed by atoms with Gasteiger partial charge >= 0.3 is 5.97 Å². The van der Waals surface area contributed by atoms with E-state index in [4.69, 9.17) is 5.11 Å². The van der Waals surface area contributed by atoms with Crippen LogP contribution in [0.5, 0.6) is 0 Å². The number of hydrogen-bond donors (Lipinski definition) is 1. The molecule has 1 saturated heterocycles. The molecule has 1 aromatic rings. The van der Waals surface area contributed by atoms with E-state index >= 15 is 0 Å². The van der Waals surface area contributed by atoms with Crippen LogP contribution in [0.4, 0.5) is 0 Å². The topological polar surface area (TPSA) is 57.6 Å². The third-order valence-electron chi connectivity index (χ3n) is 4.55. The molecular formula is C19H27NO3. The van der Waals surface area contributed by atoms with Crippen molar-refractivity contribution in [1.29, 1.82) is 0 Å². The lowest BCUT2D eigenvalue weighted by Gasteiger charge is -2.32. The summed E-state index contributed by atoms with van der Waals surface area (Å²) in [6.07, 6.45) is 4.21. The summed E-state index contributed by atoms with van der Waals surface area (Å²) in [7, 11) is 0. The largest absolute Gasteiger partial charge is 0.481 e. The zero-order chi connectivity index (χ0) is 16.8. The highest BCUT2D eigenvalue weighted by Crippen LogP contribution is 2.22. The van der Waals surface area contributed by atoms with E-state index in [2.05, 4.69) is 32.0 Å². The number of carbonyl (C=O) groups is 2. The Morgan fingerprint density at radius 1 is 1.17 bits per heavy atom. The first kappa shape index (κ1) is 17.5. The number of benzene rings is 1. The first-order chi connectivity index (χ1) is 10.9. The van der Waals surface area contributed by atoms with Gasteiger partial charge in [-0.3, -0.25) is 9.59 Å². The van der Waals surface area contributed by atoms with Gasteiger partial charge in [0.2, 0.25) is 5.91 Å². The summed E-state index contributed by atoms with van der Waals surface area (Å²) < 4.78 is 0. The highest BCUT2D eigenvalue weighted by molar-refractivity contribution is 5.76. The number of rotatable bonds is 6. The van der Waals surface area contributed by atoms with Crippen LogP contribution >= 0.6 is 0 Å². The lowest BCUT2D eigenvalue weighted by Crippen LogP contribution is -2.40. The molecule has 126 valence electrons. The van der Waals surface area contributed by atoms with Gasteiger partial charge in [-0.15, -0.1) is 0 Å². The predicted molar refractivity (Wildman–Crippen MR) is 90.4 cm³/mol. The molecule has 4 nitrogen and oxygen atoms in total. The van der Waals surface area contributed by atoms with Gasteiger partial charge in [-0.2, -0.15) is 0 Å². The van der Waals surface area contributed by atoms with Gasteiger partial charge in [0, 0.05) is 25.9 Å². The van der Waals surface area contributed by atoms with Crippen LogP contribution in [0.3, 0.4) is 0 Å². The van der Waals surface area contributed by atoms with Crippen LogP contribution in [0.25, 0.3) is 0 Å². The standard InChI is InChI=1S/C19H27NO3/c1-14-10-15(2)12-17(11-14)5-7-18(21)20-9-3-4-16(13-20)6-8-19(22)23/h10-12,16H,3-9,13H2,1-2H3,(H,22,23). The highest BCUT2D eigenvalue weighted by Gasteiger charge is 2.23.